The lowest BCUT2D eigenvalue weighted by atomic mass is 9.91. The van der Waals surface area contributed by atoms with Gasteiger partial charge in [0.05, 0.1) is 11.0 Å². The van der Waals surface area contributed by atoms with Gasteiger partial charge < -0.3 is 10.4 Å². The predicted molar refractivity (Wildman–Crippen MR) is 70.4 cm³/mol. The number of nitrogens with one attached hydrogen (secondary N) is 1. The minimum absolute atomic E-state index is 0.345. The first-order valence-electron chi connectivity index (χ1n) is 6.44. The molecule has 19 heavy (non-hydrogen) atoms. The van der Waals surface area contributed by atoms with Gasteiger partial charge in [0, 0.05) is 6.92 Å². The van der Waals surface area contributed by atoms with Gasteiger partial charge >= 0.3 is 5.97 Å². The average molecular weight is 291 g/mol. The van der Waals surface area contributed by atoms with Gasteiger partial charge in [-0.15, -0.1) is 0 Å². The molecular weight excluding hydrogens is 270 g/mol. The molecule has 1 rings (SSSR count). The number of hydrogen-bond acceptors (Lipinski definition) is 4. The maximum Gasteiger partial charge on any atom is 0.327 e. The first-order chi connectivity index (χ1) is 8.72. The van der Waals surface area contributed by atoms with Crippen molar-refractivity contribution in [3.8, 4) is 0 Å². The summed E-state index contributed by atoms with van der Waals surface area (Å²) < 4.78 is 24.4. The van der Waals surface area contributed by atoms with E-state index in [1.807, 2.05) is 6.92 Å². The van der Waals surface area contributed by atoms with Crippen molar-refractivity contribution < 1.29 is 23.1 Å². The van der Waals surface area contributed by atoms with Crippen LogP contribution in [0, 0.1) is 5.92 Å². The quantitative estimate of drug-likeness (QED) is 0.771. The smallest absolute Gasteiger partial charge is 0.327 e. The van der Waals surface area contributed by atoms with Gasteiger partial charge in [-0.3, -0.25) is 4.79 Å². The van der Waals surface area contributed by atoms with Crippen LogP contribution in [0.3, 0.4) is 0 Å². The van der Waals surface area contributed by atoms with Crippen molar-refractivity contribution in [2.75, 3.05) is 5.75 Å². The van der Waals surface area contributed by atoms with Gasteiger partial charge in [0.2, 0.25) is 5.91 Å². The highest BCUT2D eigenvalue weighted by Crippen LogP contribution is 2.28. The number of amides is 1. The highest BCUT2D eigenvalue weighted by molar-refractivity contribution is 7.92. The van der Waals surface area contributed by atoms with E-state index in [1.165, 1.54) is 6.92 Å². The number of rotatable bonds is 5. The summed E-state index contributed by atoms with van der Waals surface area (Å²) in [6.45, 7) is 3.18. The van der Waals surface area contributed by atoms with Crippen LogP contribution in [0.1, 0.15) is 39.5 Å². The second-order valence-corrected chi connectivity index (χ2v) is 7.64. The summed E-state index contributed by atoms with van der Waals surface area (Å²) in [7, 11) is -3.50. The van der Waals surface area contributed by atoms with Gasteiger partial charge in [0.25, 0.3) is 0 Å². The van der Waals surface area contributed by atoms with Crippen molar-refractivity contribution in [1.29, 1.82) is 0 Å². The summed E-state index contributed by atoms with van der Waals surface area (Å²) in [4.78, 5) is 21.9. The molecule has 0 heterocycles. The lowest BCUT2D eigenvalue weighted by molar-refractivity contribution is -0.140. The number of aliphatic carboxylic acids is 1. The topological polar surface area (TPSA) is 101 Å². The van der Waals surface area contributed by atoms with Crippen LogP contribution in [0.2, 0.25) is 0 Å². The number of sulfone groups is 1. The summed E-state index contributed by atoms with van der Waals surface area (Å²) in [6.07, 6.45) is 3.02. The Kier molecular flexibility index (Phi) is 5.34. The van der Waals surface area contributed by atoms with Crippen molar-refractivity contribution in [3.05, 3.63) is 0 Å². The summed E-state index contributed by atoms with van der Waals surface area (Å²) in [5.41, 5.74) is 0. The van der Waals surface area contributed by atoms with E-state index in [4.69, 9.17) is 5.11 Å². The normalized spacial score (nSPS) is 25.6. The van der Waals surface area contributed by atoms with Crippen LogP contribution in [0.15, 0.2) is 0 Å². The zero-order valence-corrected chi connectivity index (χ0v) is 12.1. The minimum atomic E-state index is -3.50. The van der Waals surface area contributed by atoms with E-state index in [-0.39, 0.29) is 0 Å². The molecule has 0 bridgehead atoms. The lowest BCUT2D eigenvalue weighted by Crippen LogP contribution is -2.46. The molecule has 1 fully saturated rings. The van der Waals surface area contributed by atoms with Gasteiger partial charge in [-0.2, -0.15) is 0 Å². The van der Waals surface area contributed by atoms with Crippen LogP contribution in [-0.4, -0.2) is 42.4 Å². The van der Waals surface area contributed by atoms with E-state index in [9.17, 15) is 18.0 Å². The Hall–Kier alpha value is -1.11. The zero-order valence-electron chi connectivity index (χ0n) is 11.3. The van der Waals surface area contributed by atoms with Crippen LogP contribution in [0.4, 0.5) is 0 Å². The third-order valence-corrected chi connectivity index (χ3v) is 5.71. The standard InChI is InChI=1S/C12H21NO5S/c1-8-4-3-5-10(6-8)19(17,18)7-11(12(15)16)13-9(2)14/h8,10-11H,3-7H2,1-2H3,(H,13,14)(H,15,16). The molecule has 0 aromatic rings. The molecule has 1 saturated carbocycles. The lowest BCUT2D eigenvalue weighted by Gasteiger charge is -2.27. The molecule has 110 valence electrons. The van der Waals surface area contributed by atoms with E-state index in [1.54, 1.807) is 0 Å². The van der Waals surface area contributed by atoms with E-state index in [0.29, 0.717) is 18.8 Å². The van der Waals surface area contributed by atoms with Crippen LogP contribution >= 0.6 is 0 Å². The summed E-state index contributed by atoms with van der Waals surface area (Å²) in [5, 5.41) is 10.6. The van der Waals surface area contributed by atoms with Gasteiger partial charge in [0.1, 0.15) is 6.04 Å². The highest BCUT2D eigenvalue weighted by atomic mass is 32.2. The fourth-order valence-corrected chi connectivity index (χ4v) is 4.60. The van der Waals surface area contributed by atoms with Crippen molar-refractivity contribution >= 4 is 21.7 Å². The molecule has 1 aliphatic rings. The third kappa shape index (κ3) is 4.81. The number of carbonyl (C=O) groups is 2. The molecule has 2 N–H and O–H groups in total. The summed E-state index contributed by atoms with van der Waals surface area (Å²) in [5.74, 6) is -2.04. The van der Waals surface area contributed by atoms with Crippen molar-refractivity contribution in [2.24, 2.45) is 5.92 Å². The molecule has 1 aliphatic carbocycles. The van der Waals surface area contributed by atoms with Crippen LogP contribution < -0.4 is 5.32 Å². The van der Waals surface area contributed by atoms with E-state index >= 15 is 0 Å². The summed E-state index contributed by atoms with van der Waals surface area (Å²) >= 11 is 0. The average Bonchev–Trinajstić information content (AvgIpc) is 2.27. The van der Waals surface area contributed by atoms with Gasteiger partial charge in [-0.1, -0.05) is 19.8 Å². The van der Waals surface area contributed by atoms with Crippen LogP contribution in [-0.2, 0) is 19.4 Å². The Morgan fingerprint density at radius 2 is 2.00 bits per heavy atom. The van der Waals surface area contributed by atoms with Crippen molar-refractivity contribution in [3.63, 3.8) is 0 Å². The van der Waals surface area contributed by atoms with E-state index in [0.717, 1.165) is 12.8 Å². The maximum atomic E-state index is 12.2. The molecule has 0 spiro atoms. The summed E-state index contributed by atoms with van der Waals surface area (Å²) in [6, 6.07) is -1.36. The number of carboxylic acid groups (broad SMARTS) is 1. The largest absolute Gasteiger partial charge is 0.480 e. The number of carboxylic acids is 1. The molecule has 0 aromatic carbocycles. The SMILES string of the molecule is CC(=O)NC(CS(=O)(=O)C1CCCC(C)C1)C(=O)O. The highest BCUT2D eigenvalue weighted by Gasteiger charge is 2.34. The Bertz CT molecular complexity index is 445. The Balaban J connectivity index is 2.75. The molecule has 0 aromatic heterocycles. The van der Waals surface area contributed by atoms with Crippen LogP contribution in [0.25, 0.3) is 0 Å². The monoisotopic (exact) mass is 291 g/mol. The third-order valence-electron chi connectivity index (χ3n) is 3.47. The minimum Gasteiger partial charge on any atom is -0.480 e. The first-order valence-corrected chi connectivity index (χ1v) is 8.15. The Morgan fingerprint density at radius 1 is 1.37 bits per heavy atom. The van der Waals surface area contributed by atoms with Crippen molar-refractivity contribution in [2.45, 2.75) is 50.8 Å². The van der Waals surface area contributed by atoms with E-state index < -0.39 is 38.8 Å². The number of carbonyl (C=O) groups excluding carboxylic acids is 1. The molecular formula is C12H21NO5S. The Morgan fingerprint density at radius 3 is 2.47 bits per heavy atom. The maximum absolute atomic E-state index is 12.2. The second kappa shape index (κ2) is 6.36. The Labute approximate surface area is 113 Å². The molecule has 3 unspecified atom stereocenters. The van der Waals surface area contributed by atoms with Gasteiger partial charge in [-0.05, 0) is 18.8 Å². The first kappa shape index (κ1) is 15.9. The van der Waals surface area contributed by atoms with Crippen molar-refractivity contribution in [1.82, 2.24) is 5.32 Å². The molecule has 0 radical (unpaired) electrons. The molecule has 0 saturated heterocycles. The molecule has 3 atom stereocenters. The van der Waals surface area contributed by atoms with Gasteiger partial charge in [-0.25, -0.2) is 13.2 Å². The molecule has 1 amide bonds. The molecule has 7 heteroatoms. The fraction of sp³-hybridized carbons (Fsp3) is 0.833. The number of hydrogen-bond donors (Lipinski definition) is 2. The van der Waals surface area contributed by atoms with Crippen LogP contribution in [0.5, 0.6) is 0 Å². The van der Waals surface area contributed by atoms with E-state index in [2.05, 4.69) is 5.32 Å². The van der Waals surface area contributed by atoms with Gasteiger partial charge in [0.15, 0.2) is 9.84 Å². The molecule has 0 aliphatic heterocycles. The second-order valence-electron chi connectivity index (χ2n) is 5.31. The zero-order chi connectivity index (χ0) is 14.6. The predicted octanol–water partition coefficient (Wildman–Crippen LogP) is 0.569. The molecule has 6 nitrogen and oxygen atoms in total. The fourth-order valence-electron chi connectivity index (χ4n) is 2.49.